The second-order valence-electron chi connectivity index (χ2n) is 2.17. The van der Waals surface area contributed by atoms with Gasteiger partial charge in [0, 0.05) is 6.08 Å². The highest BCUT2D eigenvalue weighted by Crippen LogP contribution is 2.10. The molecule has 0 unspecified atom stereocenters. The van der Waals surface area contributed by atoms with E-state index in [2.05, 4.69) is 0 Å². The van der Waals surface area contributed by atoms with Gasteiger partial charge in [0.25, 0.3) is 6.08 Å². The third-order valence-corrected chi connectivity index (χ3v) is 1.29. The smallest absolute Gasteiger partial charge is 0.192 e. The molecule has 0 atom stereocenters. The van der Waals surface area contributed by atoms with Crippen LogP contribution in [-0.4, -0.2) is 0 Å². The third-order valence-electron chi connectivity index (χ3n) is 1.29. The van der Waals surface area contributed by atoms with E-state index in [1.165, 1.54) is 12.1 Å². The highest BCUT2D eigenvalue weighted by molar-refractivity contribution is 5.52. The molecule has 0 bridgehead atoms. The lowest BCUT2D eigenvalue weighted by atomic mass is 10.1. The van der Waals surface area contributed by atoms with Crippen molar-refractivity contribution in [2.45, 2.75) is 0 Å². The molecule has 0 saturated heterocycles. The van der Waals surface area contributed by atoms with Gasteiger partial charge in [0.05, 0.1) is 11.6 Å². The molecule has 1 aromatic carbocycles. The largest absolute Gasteiger partial charge is 0.270 e. The lowest BCUT2D eigenvalue weighted by Crippen LogP contribution is -1.75. The van der Waals surface area contributed by atoms with Gasteiger partial charge in [-0.3, -0.25) is 0 Å². The van der Waals surface area contributed by atoms with Crippen molar-refractivity contribution in [2.75, 3.05) is 0 Å². The monoisotopic (exact) mass is 165 g/mol. The van der Waals surface area contributed by atoms with Gasteiger partial charge < -0.3 is 0 Å². The van der Waals surface area contributed by atoms with Crippen LogP contribution in [0.1, 0.15) is 11.1 Å². The summed E-state index contributed by atoms with van der Waals surface area (Å²) in [6.45, 7) is 0. The molecule has 0 fully saturated rings. The first kappa shape index (κ1) is 8.41. The van der Waals surface area contributed by atoms with Crippen molar-refractivity contribution in [1.29, 1.82) is 5.26 Å². The zero-order chi connectivity index (χ0) is 8.97. The van der Waals surface area contributed by atoms with Crippen LogP contribution < -0.4 is 0 Å². The van der Waals surface area contributed by atoms with Crippen LogP contribution in [0.4, 0.5) is 8.78 Å². The van der Waals surface area contributed by atoms with Crippen LogP contribution in [0, 0.1) is 11.3 Å². The zero-order valence-corrected chi connectivity index (χ0v) is 6.09. The number of nitriles is 1. The average molecular weight is 165 g/mol. The average Bonchev–Trinajstić information content (AvgIpc) is 2.03. The highest BCUT2D eigenvalue weighted by atomic mass is 19.3. The van der Waals surface area contributed by atoms with Crippen molar-refractivity contribution in [3.63, 3.8) is 0 Å². The molecule has 3 heteroatoms. The lowest BCUT2D eigenvalue weighted by Gasteiger charge is -1.91. The Kier molecular flexibility index (Phi) is 2.54. The van der Waals surface area contributed by atoms with E-state index in [1.54, 1.807) is 12.1 Å². The molecule has 0 aromatic heterocycles. The number of hydrogen-bond donors (Lipinski definition) is 0. The minimum atomic E-state index is -1.76. The van der Waals surface area contributed by atoms with Crippen molar-refractivity contribution in [3.05, 3.63) is 41.5 Å². The van der Waals surface area contributed by atoms with E-state index in [0.29, 0.717) is 11.1 Å². The number of halogens is 2. The fraction of sp³-hybridized carbons (Fsp3) is 0. The maximum absolute atomic E-state index is 11.7. The Morgan fingerprint density at radius 2 is 2.17 bits per heavy atom. The summed E-state index contributed by atoms with van der Waals surface area (Å²) in [5.41, 5.74) is 0.721. The van der Waals surface area contributed by atoms with Gasteiger partial charge in [0.2, 0.25) is 0 Å². The van der Waals surface area contributed by atoms with E-state index in [4.69, 9.17) is 5.26 Å². The van der Waals surface area contributed by atoms with Gasteiger partial charge in [-0.15, -0.1) is 0 Å². The molecule has 0 heterocycles. The van der Waals surface area contributed by atoms with E-state index in [-0.39, 0.29) is 0 Å². The molecule has 0 N–H and O–H groups in total. The summed E-state index contributed by atoms with van der Waals surface area (Å²) in [7, 11) is 0. The third kappa shape index (κ3) is 2.17. The van der Waals surface area contributed by atoms with Crippen LogP contribution in [-0.2, 0) is 0 Å². The molecule has 12 heavy (non-hydrogen) atoms. The first-order chi connectivity index (χ1) is 5.72. The Bertz CT molecular complexity index is 346. The van der Waals surface area contributed by atoms with E-state index < -0.39 is 6.08 Å². The molecule has 60 valence electrons. The molecular weight excluding hydrogens is 160 g/mol. The topological polar surface area (TPSA) is 23.8 Å². The normalized spacial score (nSPS) is 8.75. The number of rotatable bonds is 1. The van der Waals surface area contributed by atoms with Crippen LogP contribution in [0.15, 0.2) is 30.3 Å². The number of benzene rings is 1. The number of nitrogens with zero attached hydrogens (tertiary/aromatic N) is 1. The Morgan fingerprint density at radius 3 is 2.75 bits per heavy atom. The second-order valence-corrected chi connectivity index (χ2v) is 2.17. The van der Waals surface area contributed by atoms with Gasteiger partial charge in [-0.05, 0) is 17.7 Å². The van der Waals surface area contributed by atoms with Crippen molar-refractivity contribution < 1.29 is 8.78 Å². The zero-order valence-electron chi connectivity index (χ0n) is 6.09. The quantitative estimate of drug-likeness (QED) is 0.627. The molecule has 0 spiro atoms. The maximum atomic E-state index is 11.7. The molecule has 0 amide bonds. The SMILES string of the molecule is N#Cc1cccc(C=C(F)F)c1. The van der Waals surface area contributed by atoms with E-state index >= 15 is 0 Å². The summed E-state index contributed by atoms with van der Waals surface area (Å²) in [5.74, 6) is 0. The predicted molar refractivity (Wildman–Crippen MR) is 41.4 cm³/mol. The summed E-state index contributed by atoms with van der Waals surface area (Å²) in [6, 6.07) is 7.91. The van der Waals surface area contributed by atoms with Crippen LogP contribution in [0.3, 0.4) is 0 Å². The molecule has 0 saturated carbocycles. The molecule has 1 nitrogen and oxygen atoms in total. The van der Waals surface area contributed by atoms with Gasteiger partial charge in [-0.2, -0.15) is 14.0 Å². The molecule has 0 aliphatic carbocycles. The van der Waals surface area contributed by atoms with Crippen LogP contribution in [0.5, 0.6) is 0 Å². The number of hydrogen-bond acceptors (Lipinski definition) is 1. The minimum absolute atomic E-state index is 0.342. The molecule has 0 aliphatic rings. The summed E-state index contributed by atoms with van der Waals surface area (Å²) in [6.07, 6.45) is -1.04. The van der Waals surface area contributed by atoms with Crippen LogP contribution in [0.2, 0.25) is 0 Å². The van der Waals surface area contributed by atoms with E-state index in [0.717, 1.165) is 6.08 Å². The van der Waals surface area contributed by atoms with Crippen molar-refractivity contribution in [2.24, 2.45) is 0 Å². The van der Waals surface area contributed by atoms with Crippen molar-refractivity contribution in [1.82, 2.24) is 0 Å². The Hall–Kier alpha value is -1.69. The van der Waals surface area contributed by atoms with Gasteiger partial charge in [-0.25, -0.2) is 0 Å². The summed E-state index contributed by atoms with van der Waals surface area (Å²) in [4.78, 5) is 0. The van der Waals surface area contributed by atoms with Gasteiger partial charge in [0.1, 0.15) is 0 Å². The van der Waals surface area contributed by atoms with Crippen LogP contribution >= 0.6 is 0 Å². The lowest BCUT2D eigenvalue weighted by molar-refractivity contribution is 0.429. The fourth-order valence-electron chi connectivity index (χ4n) is 0.824. The predicted octanol–water partition coefficient (Wildman–Crippen LogP) is 2.80. The Labute approximate surface area is 68.6 Å². The van der Waals surface area contributed by atoms with Gasteiger partial charge in [-0.1, -0.05) is 12.1 Å². The summed E-state index contributed by atoms with van der Waals surface area (Å²) < 4.78 is 23.5. The second kappa shape index (κ2) is 3.63. The molecule has 0 radical (unpaired) electrons. The molecular formula is C9H5F2N. The van der Waals surface area contributed by atoms with E-state index in [1.807, 2.05) is 6.07 Å². The van der Waals surface area contributed by atoms with E-state index in [9.17, 15) is 8.78 Å². The first-order valence-corrected chi connectivity index (χ1v) is 3.25. The van der Waals surface area contributed by atoms with Gasteiger partial charge in [0.15, 0.2) is 0 Å². The maximum Gasteiger partial charge on any atom is 0.270 e. The fourth-order valence-corrected chi connectivity index (χ4v) is 0.824. The first-order valence-electron chi connectivity index (χ1n) is 3.25. The summed E-state index contributed by atoms with van der Waals surface area (Å²) >= 11 is 0. The molecule has 1 aromatic rings. The van der Waals surface area contributed by atoms with Crippen LogP contribution in [0.25, 0.3) is 6.08 Å². The summed E-state index contributed by atoms with van der Waals surface area (Å²) in [5, 5.41) is 8.44. The minimum Gasteiger partial charge on any atom is -0.192 e. The molecule has 1 rings (SSSR count). The standard InChI is InChI=1S/C9H5F2N/c10-9(11)5-7-2-1-3-8(4-7)6-12/h1-5H. The van der Waals surface area contributed by atoms with Gasteiger partial charge >= 0.3 is 0 Å². The Balaban J connectivity index is 3.04. The van der Waals surface area contributed by atoms with Crippen molar-refractivity contribution in [3.8, 4) is 6.07 Å². The van der Waals surface area contributed by atoms with Crippen molar-refractivity contribution >= 4 is 6.08 Å². The Morgan fingerprint density at radius 1 is 1.42 bits per heavy atom. The molecule has 0 aliphatic heterocycles. The highest BCUT2D eigenvalue weighted by Gasteiger charge is 1.93.